The summed E-state index contributed by atoms with van der Waals surface area (Å²) < 4.78 is 17.9. The number of aryl methyl sites for hydroxylation is 1. The molecule has 6 heteroatoms. The van der Waals surface area contributed by atoms with Crippen LogP contribution in [0.2, 0.25) is 0 Å². The van der Waals surface area contributed by atoms with Crippen LogP contribution in [0.1, 0.15) is 16.2 Å². The van der Waals surface area contributed by atoms with Crippen molar-refractivity contribution < 1.29 is 13.7 Å². The third kappa shape index (κ3) is 2.89. The van der Waals surface area contributed by atoms with Crippen molar-refractivity contribution in [3.8, 4) is 0 Å². The highest BCUT2D eigenvalue weighted by Crippen LogP contribution is 2.17. The average molecular weight is 289 g/mol. The zero-order chi connectivity index (χ0) is 14.8. The molecule has 2 aromatic rings. The molecule has 1 fully saturated rings. The minimum Gasteiger partial charge on any atom is -0.368 e. The lowest BCUT2D eigenvalue weighted by molar-refractivity contribution is 0.0736. The highest BCUT2D eigenvalue weighted by Gasteiger charge is 2.24. The fourth-order valence-electron chi connectivity index (χ4n) is 2.45. The molecule has 1 saturated heterocycles. The van der Waals surface area contributed by atoms with E-state index in [-0.39, 0.29) is 11.7 Å². The molecule has 3 rings (SSSR count). The van der Waals surface area contributed by atoms with Crippen LogP contribution in [-0.2, 0) is 0 Å². The number of aromatic nitrogens is 1. The number of carbonyl (C=O) groups is 1. The summed E-state index contributed by atoms with van der Waals surface area (Å²) in [5, 5.41) is 3.76. The van der Waals surface area contributed by atoms with Gasteiger partial charge in [-0.1, -0.05) is 5.16 Å². The number of carbonyl (C=O) groups excluding carboxylic acids is 1. The Kier molecular flexibility index (Phi) is 3.60. The maximum atomic E-state index is 12.9. The van der Waals surface area contributed by atoms with E-state index < -0.39 is 0 Å². The topological polar surface area (TPSA) is 49.6 Å². The summed E-state index contributed by atoms with van der Waals surface area (Å²) in [6, 6.07) is 8.06. The average Bonchev–Trinajstić information content (AvgIpc) is 2.94. The van der Waals surface area contributed by atoms with Gasteiger partial charge in [-0.05, 0) is 31.2 Å². The van der Waals surface area contributed by atoms with Crippen molar-refractivity contribution >= 4 is 11.6 Å². The van der Waals surface area contributed by atoms with E-state index in [0.29, 0.717) is 37.6 Å². The van der Waals surface area contributed by atoms with Crippen LogP contribution in [0, 0.1) is 12.7 Å². The van der Waals surface area contributed by atoms with Gasteiger partial charge in [0.25, 0.3) is 5.91 Å². The molecule has 1 aliphatic rings. The molecule has 0 aliphatic carbocycles. The van der Waals surface area contributed by atoms with Gasteiger partial charge in [-0.25, -0.2) is 4.39 Å². The van der Waals surface area contributed by atoms with Crippen LogP contribution in [0.4, 0.5) is 10.1 Å². The van der Waals surface area contributed by atoms with Crippen LogP contribution in [0.25, 0.3) is 0 Å². The third-order valence-electron chi connectivity index (χ3n) is 3.61. The SMILES string of the molecule is Cc1cc(C(=O)N2CCN(c3ccc(F)cc3)CC2)no1. The molecule has 5 nitrogen and oxygen atoms in total. The van der Waals surface area contributed by atoms with E-state index in [4.69, 9.17) is 4.52 Å². The maximum absolute atomic E-state index is 12.9. The van der Waals surface area contributed by atoms with Crippen LogP contribution in [-0.4, -0.2) is 42.1 Å². The minimum atomic E-state index is -0.242. The van der Waals surface area contributed by atoms with Gasteiger partial charge in [-0.2, -0.15) is 0 Å². The van der Waals surface area contributed by atoms with E-state index in [1.807, 2.05) is 0 Å². The van der Waals surface area contributed by atoms with Gasteiger partial charge < -0.3 is 14.3 Å². The lowest BCUT2D eigenvalue weighted by Gasteiger charge is -2.35. The van der Waals surface area contributed by atoms with E-state index in [2.05, 4.69) is 10.1 Å². The monoisotopic (exact) mass is 289 g/mol. The first-order valence-corrected chi connectivity index (χ1v) is 6.86. The minimum absolute atomic E-state index is 0.106. The Hall–Kier alpha value is -2.37. The van der Waals surface area contributed by atoms with Crippen molar-refractivity contribution in [3.63, 3.8) is 0 Å². The second-order valence-corrected chi connectivity index (χ2v) is 5.08. The van der Waals surface area contributed by atoms with Crippen molar-refractivity contribution in [2.75, 3.05) is 31.1 Å². The van der Waals surface area contributed by atoms with Gasteiger partial charge >= 0.3 is 0 Å². The van der Waals surface area contributed by atoms with E-state index in [1.165, 1.54) is 12.1 Å². The van der Waals surface area contributed by atoms with Gasteiger partial charge in [0.05, 0.1) is 0 Å². The molecule has 1 aromatic heterocycles. The largest absolute Gasteiger partial charge is 0.368 e. The highest BCUT2D eigenvalue weighted by molar-refractivity contribution is 5.92. The van der Waals surface area contributed by atoms with Crippen LogP contribution >= 0.6 is 0 Å². The van der Waals surface area contributed by atoms with Gasteiger partial charge in [-0.3, -0.25) is 4.79 Å². The van der Waals surface area contributed by atoms with Crippen LogP contribution < -0.4 is 4.90 Å². The van der Waals surface area contributed by atoms with Crippen LogP contribution in [0.5, 0.6) is 0 Å². The molecule has 0 bridgehead atoms. The maximum Gasteiger partial charge on any atom is 0.276 e. The predicted molar refractivity (Wildman–Crippen MR) is 75.8 cm³/mol. The molecule has 110 valence electrons. The fraction of sp³-hybridized carbons (Fsp3) is 0.333. The first kappa shape index (κ1) is 13.6. The van der Waals surface area contributed by atoms with Crippen molar-refractivity contribution in [3.05, 3.63) is 47.6 Å². The Labute approximate surface area is 121 Å². The summed E-state index contributed by atoms with van der Waals surface area (Å²) in [5.41, 5.74) is 1.32. The molecule has 0 radical (unpaired) electrons. The summed E-state index contributed by atoms with van der Waals surface area (Å²) >= 11 is 0. The van der Waals surface area contributed by atoms with Gasteiger partial charge in [0, 0.05) is 37.9 Å². The van der Waals surface area contributed by atoms with Crippen LogP contribution in [0.15, 0.2) is 34.9 Å². The predicted octanol–water partition coefficient (Wildman–Crippen LogP) is 2.08. The summed E-state index contributed by atoms with van der Waals surface area (Å²) in [7, 11) is 0. The van der Waals surface area contributed by atoms with Crippen molar-refractivity contribution in [2.24, 2.45) is 0 Å². The molecular weight excluding hydrogens is 273 g/mol. The van der Waals surface area contributed by atoms with Gasteiger partial charge in [0.1, 0.15) is 11.6 Å². The Bertz CT molecular complexity index is 631. The lowest BCUT2D eigenvalue weighted by atomic mass is 10.2. The van der Waals surface area contributed by atoms with E-state index in [1.54, 1.807) is 30.0 Å². The molecular formula is C15H16FN3O2. The summed E-state index contributed by atoms with van der Waals surface area (Å²) in [4.78, 5) is 16.1. The van der Waals surface area contributed by atoms with Gasteiger partial charge in [-0.15, -0.1) is 0 Å². The Morgan fingerprint density at radius 3 is 2.43 bits per heavy atom. The fourth-order valence-corrected chi connectivity index (χ4v) is 2.45. The van der Waals surface area contributed by atoms with E-state index in [0.717, 1.165) is 5.69 Å². The zero-order valence-electron chi connectivity index (χ0n) is 11.8. The summed E-state index contributed by atoms with van der Waals surface area (Å²) in [5.74, 6) is 0.280. The number of halogens is 1. The Morgan fingerprint density at radius 2 is 1.86 bits per heavy atom. The quantitative estimate of drug-likeness (QED) is 0.849. The molecule has 0 unspecified atom stereocenters. The van der Waals surface area contributed by atoms with E-state index in [9.17, 15) is 9.18 Å². The smallest absolute Gasteiger partial charge is 0.276 e. The second-order valence-electron chi connectivity index (χ2n) is 5.08. The van der Waals surface area contributed by atoms with Crippen LogP contribution in [0.3, 0.4) is 0 Å². The molecule has 0 saturated carbocycles. The normalized spacial score (nSPS) is 15.3. The zero-order valence-corrected chi connectivity index (χ0v) is 11.8. The van der Waals surface area contributed by atoms with E-state index >= 15 is 0 Å². The number of hydrogen-bond donors (Lipinski definition) is 0. The van der Waals surface area contributed by atoms with Gasteiger partial charge in [0.15, 0.2) is 5.69 Å². The molecule has 1 amide bonds. The number of anilines is 1. The molecule has 21 heavy (non-hydrogen) atoms. The second kappa shape index (κ2) is 5.55. The number of amides is 1. The standard InChI is InChI=1S/C15H16FN3O2/c1-11-10-14(17-21-11)15(20)19-8-6-18(7-9-19)13-4-2-12(16)3-5-13/h2-5,10H,6-9H2,1H3. The number of piperazine rings is 1. The molecule has 0 N–H and O–H groups in total. The first-order valence-electron chi connectivity index (χ1n) is 6.86. The Morgan fingerprint density at radius 1 is 1.19 bits per heavy atom. The number of rotatable bonds is 2. The number of benzene rings is 1. The molecule has 2 heterocycles. The summed E-state index contributed by atoms with van der Waals surface area (Å²) in [6.07, 6.45) is 0. The van der Waals surface area contributed by atoms with Crippen molar-refractivity contribution in [2.45, 2.75) is 6.92 Å². The number of nitrogens with zero attached hydrogens (tertiary/aromatic N) is 3. The molecule has 0 atom stereocenters. The number of hydrogen-bond acceptors (Lipinski definition) is 4. The lowest BCUT2D eigenvalue weighted by Crippen LogP contribution is -2.48. The van der Waals surface area contributed by atoms with Gasteiger partial charge in [0.2, 0.25) is 0 Å². The first-order chi connectivity index (χ1) is 10.1. The molecule has 1 aliphatic heterocycles. The Balaban J connectivity index is 1.62. The summed E-state index contributed by atoms with van der Waals surface area (Å²) in [6.45, 7) is 4.42. The third-order valence-corrected chi connectivity index (χ3v) is 3.61. The highest BCUT2D eigenvalue weighted by atomic mass is 19.1. The van der Waals surface area contributed by atoms with Crippen molar-refractivity contribution in [1.82, 2.24) is 10.1 Å². The van der Waals surface area contributed by atoms with Crippen molar-refractivity contribution in [1.29, 1.82) is 0 Å². The molecule has 1 aromatic carbocycles. The molecule has 0 spiro atoms.